The first-order valence-electron chi connectivity index (χ1n) is 5.76. The van der Waals surface area contributed by atoms with Crippen molar-refractivity contribution in [3.63, 3.8) is 0 Å². The van der Waals surface area contributed by atoms with E-state index >= 15 is 0 Å². The molecule has 0 unspecified atom stereocenters. The summed E-state index contributed by atoms with van der Waals surface area (Å²) in [5.74, 6) is 0. The second-order valence-corrected chi connectivity index (χ2v) is 4.58. The van der Waals surface area contributed by atoms with Crippen molar-refractivity contribution in [1.82, 2.24) is 9.88 Å². The minimum atomic E-state index is 0.926. The molecule has 0 aliphatic rings. The Kier molecular flexibility index (Phi) is 2.76. The number of hydrogen-bond acceptors (Lipinski definition) is 1. The third-order valence-electron chi connectivity index (χ3n) is 3.48. The Balaban J connectivity index is 2.87. The molecule has 0 atom stereocenters. The molecule has 0 aliphatic heterocycles. The number of fused-ring (bicyclic) bond motifs is 1. The third-order valence-corrected chi connectivity index (χ3v) is 3.48. The molecule has 0 radical (unpaired) electrons. The van der Waals surface area contributed by atoms with Crippen LogP contribution in [-0.4, -0.2) is 11.6 Å². The molecule has 0 fully saturated rings. The van der Waals surface area contributed by atoms with Crippen molar-refractivity contribution in [3.8, 4) is 0 Å². The van der Waals surface area contributed by atoms with E-state index < -0.39 is 0 Å². The van der Waals surface area contributed by atoms with Gasteiger partial charge in [-0.1, -0.05) is 12.1 Å². The lowest BCUT2D eigenvalue weighted by atomic mass is 10.0. The number of aryl methyl sites for hydroxylation is 4. The molecule has 0 saturated carbocycles. The van der Waals surface area contributed by atoms with Gasteiger partial charge in [-0.3, -0.25) is 0 Å². The maximum absolute atomic E-state index is 3.24. The van der Waals surface area contributed by atoms with Crippen molar-refractivity contribution in [1.29, 1.82) is 0 Å². The van der Waals surface area contributed by atoms with Gasteiger partial charge < -0.3 is 9.88 Å². The SMILES string of the molecule is CNCc1c(C)c2c(C)ccc(C)c2n1C. The van der Waals surface area contributed by atoms with E-state index in [0.717, 1.165) is 6.54 Å². The Morgan fingerprint density at radius 3 is 2.31 bits per heavy atom. The van der Waals surface area contributed by atoms with Crippen LogP contribution < -0.4 is 5.32 Å². The lowest BCUT2D eigenvalue weighted by Crippen LogP contribution is -2.10. The zero-order chi connectivity index (χ0) is 11.9. The first kappa shape index (κ1) is 11.2. The van der Waals surface area contributed by atoms with E-state index in [2.05, 4.69) is 49.8 Å². The predicted molar refractivity (Wildman–Crippen MR) is 69.9 cm³/mol. The Bertz CT molecular complexity index is 490. The van der Waals surface area contributed by atoms with Crippen molar-refractivity contribution < 1.29 is 0 Å². The molecule has 86 valence electrons. The van der Waals surface area contributed by atoms with Gasteiger partial charge in [0.15, 0.2) is 0 Å². The highest BCUT2D eigenvalue weighted by Gasteiger charge is 2.14. The van der Waals surface area contributed by atoms with Gasteiger partial charge >= 0.3 is 0 Å². The molecule has 1 aromatic heterocycles. The summed E-state index contributed by atoms with van der Waals surface area (Å²) >= 11 is 0. The number of rotatable bonds is 2. The van der Waals surface area contributed by atoms with Crippen LogP contribution in [0.4, 0.5) is 0 Å². The molecular weight excluding hydrogens is 196 g/mol. The van der Waals surface area contributed by atoms with Gasteiger partial charge in [-0.25, -0.2) is 0 Å². The molecule has 0 bridgehead atoms. The Morgan fingerprint density at radius 1 is 1.12 bits per heavy atom. The van der Waals surface area contributed by atoms with Gasteiger partial charge in [0.05, 0.1) is 5.52 Å². The molecule has 1 aromatic carbocycles. The van der Waals surface area contributed by atoms with E-state index in [1.54, 1.807) is 0 Å². The minimum Gasteiger partial charge on any atom is -0.346 e. The van der Waals surface area contributed by atoms with Crippen LogP contribution in [0.1, 0.15) is 22.4 Å². The van der Waals surface area contributed by atoms with Gasteiger partial charge in [0.1, 0.15) is 0 Å². The Hall–Kier alpha value is -1.28. The van der Waals surface area contributed by atoms with Gasteiger partial charge in [0.25, 0.3) is 0 Å². The molecule has 0 amide bonds. The highest BCUT2D eigenvalue weighted by Crippen LogP contribution is 2.29. The molecule has 2 heteroatoms. The van der Waals surface area contributed by atoms with E-state index in [9.17, 15) is 0 Å². The fourth-order valence-corrected chi connectivity index (χ4v) is 2.65. The standard InChI is InChI=1S/C14H20N2/c1-9-6-7-10(2)14-13(9)11(3)12(8-15-4)16(14)5/h6-7,15H,8H2,1-5H3. The maximum atomic E-state index is 3.24. The highest BCUT2D eigenvalue weighted by molar-refractivity contribution is 5.90. The number of nitrogens with zero attached hydrogens (tertiary/aromatic N) is 1. The summed E-state index contributed by atoms with van der Waals surface area (Å²) in [6, 6.07) is 4.42. The lowest BCUT2D eigenvalue weighted by Gasteiger charge is -2.05. The maximum Gasteiger partial charge on any atom is 0.0515 e. The summed E-state index contributed by atoms with van der Waals surface area (Å²) in [5, 5.41) is 4.67. The molecule has 0 aliphatic carbocycles. The summed E-state index contributed by atoms with van der Waals surface area (Å²) < 4.78 is 2.32. The molecule has 16 heavy (non-hydrogen) atoms. The summed E-state index contributed by atoms with van der Waals surface area (Å²) in [6.07, 6.45) is 0. The average Bonchev–Trinajstić information content (AvgIpc) is 2.50. The molecule has 0 saturated heterocycles. The van der Waals surface area contributed by atoms with Crippen molar-refractivity contribution in [2.45, 2.75) is 27.3 Å². The van der Waals surface area contributed by atoms with Crippen LogP contribution in [-0.2, 0) is 13.6 Å². The quantitative estimate of drug-likeness (QED) is 0.817. The first-order chi connectivity index (χ1) is 7.57. The fraction of sp³-hybridized carbons (Fsp3) is 0.429. The first-order valence-corrected chi connectivity index (χ1v) is 5.76. The van der Waals surface area contributed by atoms with Crippen LogP contribution >= 0.6 is 0 Å². The summed E-state index contributed by atoms with van der Waals surface area (Å²) in [5.41, 5.74) is 6.90. The highest BCUT2D eigenvalue weighted by atomic mass is 15.0. The zero-order valence-electron chi connectivity index (χ0n) is 10.8. The summed E-state index contributed by atoms with van der Waals surface area (Å²) in [6.45, 7) is 7.53. The van der Waals surface area contributed by atoms with Crippen LogP contribution in [0.2, 0.25) is 0 Å². The van der Waals surface area contributed by atoms with Gasteiger partial charge in [-0.2, -0.15) is 0 Å². The van der Waals surface area contributed by atoms with Crippen molar-refractivity contribution in [3.05, 3.63) is 34.5 Å². The molecule has 2 aromatic rings. The van der Waals surface area contributed by atoms with Crippen LogP contribution in [0.5, 0.6) is 0 Å². The number of nitrogens with one attached hydrogen (secondary N) is 1. The van der Waals surface area contributed by atoms with Gasteiger partial charge in [-0.05, 0) is 44.5 Å². The van der Waals surface area contributed by atoms with Gasteiger partial charge in [-0.15, -0.1) is 0 Å². The predicted octanol–water partition coefficient (Wildman–Crippen LogP) is 2.82. The molecule has 2 nitrogen and oxygen atoms in total. The van der Waals surface area contributed by atoms with Crippen molar-refractivity contribution in [2.24, 2.45) is 7.05 Å². The summed E-state index contributed by atoms with van der Waals surface area (Å²) in [7, 11) is 4.16. The zero-order valence-corrected chi connectivity index (χ0v) is 10.8. The number of benzene rings is 1. The van der Waals surface area contributed by atoms with Crippen LogP contribution in [0.25, 0.3) is 10.9 Å². The van der Waals surface area contributed by atoms with Crippen LogP contribution in [0.15, 0.2) is 12.1 Å². The lowest BCUT2D eigenvalue weighted by molar-refractivity contribution is 0.739. The second kappa shape index (κ2) is 3.95. The summed E-state index contributed by atoms with van der Waals surface area (Å²) in [4.78, 5) is 0. The van der Waals surface area contributed by atoms with Gasteiger partial charge in [0, 0.05) is 24.7 Å². The number of aromatic nitrogens is 1. The number of hydrogen-bond donors (Lipinski definition) is 1. The normalized spacial score (nSPS) is 11.3. The molecule has 2 rings (SSSR count). The smallest absolute Gasteiger partial charge is 0.0515 e. The topological polar surface area (TPSA) is 17.0 Å². The molecule has 0 spiro atoms. The van der Waals surface area contributed by atoms with E-state index in [1.165, 1.54) is 33.3 Å². The van der Waals surface area contributed by atoms with Crippen LogP contribution in [0, 0.1) is 20.8 Å². The van der Waals surface area contributed by atoms with Gasteiger partial charge in [0.2, 0.25) is 0 Å². The molecule has 1 N–H and O–H groups in total. The Morgan fingerprint density at radius 2 is 1.75 bits per heavy atom. The third kappa shape index (κ3) is 1.45. The van der Waals surface area contributed by atoms with E-state index in [0.29, 0.717) is 0 Å². The molecular formula is C14H20N2. The fourth-order valence-electron chi connectivity index (χ4n) is 2.65. The second-order valence-electron chi connectivity index (χ2n) is 4.58. The minimum absolute atomic E-state index is 0.926. The molecule has 1 heterocycles. The van der Waals surface area contributed by atoms with Crippen molar-refractivity contribution in [2.75, 3.05) is 7.05 Å². The van der Waals surface area contributed by atoms with Crippen LogP contribution in [0.3, 0.4) is 0 Å². The van der Waals surface area contributed by atoms with Crippen molar-refractivity contribution >= 4 is 10.9 Å². The van der Waals surface area contributed by atoms with E-state index in [-0.39, 0.29) is 0 Å². The Labute approximate surface area is 97.3 Å². The van der Waals surface area contributed by atoms with E-state index in [4.69, 9.17) is 0 Å². The van der Waals surface area contributed by atoms with E-state index in [1.807, 2.05) is 7.05 Å². The largest absolute Gasteiger partial charge is 0.346 e. The average molecular weight is 216 g/mol. The monoisotopic (exact) mass is 216 g/mol.